The van der Waals surface area contributed by atoms with Crippen LogP contribution in [-0.2, 0) is 54.1 Å². The normalized spacial score (nSPS) is 22.3. The summed E-state index contributed by atoms with van der Waals surface area (Å²) in [6, 6.07) is 24.9. The zero-order chi connectivity index (χ0) is 57.0. The first-order valence-electron chi connectivity index (χ1n) is 24.2. The molecule has 0 unspecified atom stereocenters. The van der Waals surface area contributed by atoms with Crippen LogP contribution >= 0.6 is 11.8 Å². The van der Waals surface area contributed by atoms with Crippen molar-refractivity contribution in [2.75, 3.05) is 60.6 Å². The van der Waals surface area contributed by atoms with Crippen LogP contribution in [0.25, 0.3) is 11.1 Å². The number of sulfone groups is 1. The number of fused-ring (bicyclic) bond motifs is 4. The fourth-order valence-electron chi connectivity index (χ4n) is 11.2. The maximum absolute atomic E-state index is 11.3. The number of Topliss-reactive ketones (excluding diaryl/α,β-unsaturated/α-hetero) is 1. The number of hydrogen-bond acceptors (Lipinski definition) is 12. The lowest BCUT2D eigenvalue weighted by atomic mass is 9.37. The van der Waals surface area contributed by atoms with Gasteiger partial charge in [-0.05, 0) is 129 Å². The van der Waals surface area contributed by atoms with E-state index < -0.39 is 21.6 Å². The standard InChI is InChI=1S/C15H14.C14H24.C10H10O2.C3H6O3.C3H6O2.C3H6O.C3H8.C2H6O2S.C2H6O.C2H6S.C2H4/c1-15(2)13-9-5-3-7-11(13)12-8-4-6-10-14(12)15;1-11-5-12(2)8-13(3,6-11)10-14(4,7-11)9-12;1-10(2)8-6-4-3-5-7(8)9(11)12-10;1-5-3(4)6-2;1-3(4)5-2;1-3(2)4;1-3-2;1-5(2,3)4;2*1-3-2;1-2/h3-10H,1-2H3;5-10H2,1-4H3;3-6H,1-2H3;1-2H3;1-2H3;1-2H3;3H2,1-2H3;1-2H3;2*1-2H3;1-2H2. The molecule has 72 heavy (non-hydrogen) atoms. The molecule has 3 aromatic carbocycles. The molecule has 13 heteroatoms. The molecule has 9 rings (SSSR count). The van der Waals surface area contributed by atoms with Crippen LogP contribution in [0.1, 0.15) is 162 Å². The van der Waals surface area contributed by atoms with Gasteiger partial charge >= 0.3 is 18.1 Å². The van der Waals surface area contributed by atoms with Gasteiger partial charge in [-0.1, -0.05) is 129 Å². The number of ketones is 1. The molecule has 0 N–H and O–H groups in total. The van der Waals surface area contributed by atoms with E-state index in [-0.39, 0.29) is 23.1 Å². The van der Waals surface area contributed by atoms with E-state index in [1.807, 2.05) is 44.6 Å². The number of carbonyl (C=O) groups excluding carboxylic acids is 4. The molecule has 0 aromatic heterocycles. The van der Waals surface area contributed by atoms with Crippen LogP contribution in [0.4, 0.5) is 4.79 Å². The topological polar surface area (TPSA) is 149 Å². The number of ether oxygens (including phenoxy) is 5. The van der Waals surface area contributed by atoms with Gasteiger partial charge in [0.25, 0.3) is 0 Å². The second-order valence-electron chi connectivity index (χ2n) is 21.4. The minimum Gasteiger partial charge on any atom is -0.469 e. The van der Waals surface area contributed by atoms with Gasteiger partial charge in [0.1, 0.15) is 21.2 Å². The largest absolute Gasteiger partial charge is 0.507 e. The van der Waals surface area contributed by atoms with Crippen molar-refractivity contribution < 1.29 is 51.3 Å². The highest BCUT2D eigenvalue weighted by Gasteiger charge is 2.62. The molecule has 3 aromatic rings. The molecule has 0 saturated heterocycles. The zero-order valence-corrected chi connectivity index (χ0v) is 50.2. The van der Waals surface area contributed by atoms with Crippen molar-refractivity contribution in [1.82, 2.24) is 0 Å². The molecule has 1 aliphatic heterocycles. The second kappa shape index (κ2) is 33.4. The van der Waals surface area contributed by atoms with Crippen molar-refractivity contribution in [2.45, 2.75) is 146 Å². The Bertz CT molecular complexity index is 2030. The SMILES string of the molecule is C=C.CC(C)=O.CC1(C)OC(=O)c2ccccc21.CC1(C)c2ccccc2-c2ccccc21.CC12CC3(C)CC(C)(C1)CC(C)(C2)C3.CCC.COC.COC(=O)OC.COC(C)=O.CS(C)(=O)=O.CSC. The van der Waals surface area contributed by atoms with E-state index in [0.717, 1.165) is 18.1 Å². The number of cyclic esters (lactones) is 1. The van der Waals surface area contributed by atoms with Crippen LogP contribution in [0.5, 0.6) is 0 Å². The molecule has 1 heterocycles. The molecule has 0 spiro atoms. The fourth-order valence-corrected chi connectivity index (χ4v) is 11.2. The summed E-state index contributed by atoms with van der Waals surface area (Å²) in [5.41, 5.74) is 9.84. The van der Waals surface area contributed by atoms with Gasteiger partial charge in [0, 0.05) is 44.6 Å². The highest BCUT2D eigenvalue weighted by atomic mass is 32.2. The first-order chi connectivity index (χ1) is 33.1. The average Bonchev–Trinajstić information content (AvgIpc) is 3.63. The number of esters is 2. The molecule has 5 aliphatic carbocycles. The van der Waals surface area contributed by atoms with E-state index in [1.54, 1.807) is 32.0 Å². The lowest BCUT2D eigenvalue weighted by Crippen LogP contribution is -2.57. The van der Waals surface area contributed by atoms with E-state index >= 15 is 0 Å². The Balaban J connectivity index is -0.000000781. The Kier molecular flexibility index (Phi) is 33.3. The van der Waals surface area contributed by atoms with Crippen LogP contribution < -0.4 is 0 Å². The summed E-state index contributed by atoms with van der Waals surface area (Å²) in [5.74, 6) is -0.291. The van der Waals surface area contributed by atoms with Gasteiger partial charge in [0.05, 0.1) is 26.9 Å². The molecule has 0 amide bonds. The third-order valence-corrected chi connectivity index (χ3v) is 11.4. The number of thioether (sulfide) groups is 1. The quantitative estimate of drug-likeness (QED) is 0.120. The summed E-state index contributed by atoms with van der Waals surface area (Å²) < 4.78 is 40.9. The van der Waals surface area contributed by atoms with E-state index in [2.05, 4.69) is 136 Å². The first-order valence-corrected chi connectivity index (χ1v) is 28.2. The van der Waals surface area contributed by atoms with E-state index in [1.165, 1.54) is 109 Å². The number of hydrogen-bond donors (Lipinski definition) is 0. The summed E-state index contributed by atoms with van der Waals surface area (Å²) in [4.78, 5) is 40.0. The maximum Gasteiger partial charge on any atom is 0.507 e. The van der Waals surface area contributed by atoms with E-state index in [0.29, 0.717) is 27.2 Å². The smallest absolute Gasteiger partial charge is 0.469 e. The lowest BCUT2D eigenvalue weighted by molar-refractivity contribution is -0.176. The number of carbonyl (C=O) groups is 4. The molecular weight excluding hydrogens is 949 g/mol. The van der Waals surface area contributed by atoms with Crippen molar-refractivity contribution in [2.24, 2.45) is 21.7 Å². The van der Waals surface area contributed by atoms with Crippen molar-refractivity contribution in [3.05, 3.63) is 108 Å². The summed E-state index contributed by atoms with van der Waals surface area (Å²) >= 11 is 1.75. The molecule has 11 nitrogen and oxygen atoms in total. The van der Waals surface area contributed by atoms with Crippen molar-refractivity contribution in [1.29, 1.82) is 0 Å². The highest BCUT2D eigenvalue weighted by molar-refractivity contribution is 7.97. The third kappa shape index (κ3) is 26.5. The highest BCUT2D eigenvalue weighted by Crippen LogP contribution is 2.73. The lowest BCUT2D eigenvalue weighted by Gasteiger charge is -2.68. The molecule has 0 atom stereocenters. The molecule has 0 radical (unpaired) electrons. The minimum absolute atomic E-state index is 0.160. The average molecular weight is 1050 g/mol. The van der Waals surface area contributed by atoms with Crippen LogP contribution in [-0.4, -0.2) is 92.9 Å². The van der Waals surface area contributed by atoms with Gasteiger partial charge in [-0.25, -0.2) is 18.0 Å². The summed E-state index contributed by atoms with van der Waals surface area (Å²) in [5, 5.41) is 0. The summed E-state index contributed by atoms with van der Waals surface area (Å²) in [7, 11) is 4.44. The van der Waals surface area contributed by atoms with Crippen LogP contribution in [0, 0.1) is 21.7 Å². The second-order valence-corrected chi connectivity index (χ2v) is 24.5. The van der Waals surface area contributed by atoms with Crippen LogP contribution in [0.15, 0.2) is 86.0 Å². The summed E-state index contributed by atoms with van der Waals surface area (Å²) in [6.45, 7) is 33.3. The number of rotatable bonds is 0. The van der Waals surface area contributed by atoms with Gasteiger partial charge in [0.15, 0.2) is 0 Å². The predicted molar refractivity (Wildman–Crippen MR) is 303 cm³/mol. The van der Waals surface area contributed by atoms with Crippen molar-refractivity contribution in [3.8, 4) is 11.1 Å². The van der Waals surface area contributed by atoms with Crippen molar-refractivity contribution in [3.63, 3.8) is 0 Å². The van der Waals surface area contributed by atoms with Gasteiger partial charge in [-0.3, -0.25) is 4.79 Å². The Morgan fingerprint density at radius 3 is 1.00 bits per heavy atom. The molecule has 4 saturated carbocycles. The molecule has 4 fully saturated rings. The Morgan fingerprint density at radius 2 is 0.792 bits per heavy atom. The maximum atomic E-state index is 11.3. The molecule has 6 aliphatic rings. The van der Waals surface area contributed by atoms with Gasteiger partial charge in [-0.15, -0.1) is 13.2 Å². The number of benzene rings is 3. The Morgan fingerprint density at radius 1 is 0.569 bits per heavy atom. The molecular formula is C59H96O11S2. The first kappa shape index (κ1) is 71.8. The van der Waals surface area contributed by atoms with Gasteiger partial charge in [-0.2, -0.15) is 11.8 Å². The van der Waals surface area contributed by atoms with Gasteiger partial charge < -0.3 is 28.5 Å². The zero-order valence-electron chi connectivity index (χ0n) is 48.6. The Hall–Kier alpha value is -4.46. The number of methoxy groups -OCH3 is 4. The minimum atomic E-state index is -2.67. The van der Waals surface area contributed by atoms with E-state index in [9.17, 15) is 27.6 Å². The third-order valence-electron chi connectivity index (χ3n) is 11.4. The van der Waals surface area contributed by atoms with E-state index in [4.69, 9.17) is 4.74 Å². The monoisotopic (exact) mass is 1040 g/mol. The predicted octanol–water partition coefficient (Wildman–Crippen LogP) is 14.8. The fraction of sp³-hybridized carbons (Fsp3) is 0.593. The van der Waals surface area contributed by atoms with Crippen LogP contribution in [0.3, 0.4) is 0 Å². The molecule has 4 bridgehead atoms. The van der Waals surface area contributed by atoms with Crippen molar-refractivity contribution >= 4 is 45.5 Å². The summed E-state index contributed by atoms with van der Waals surface area (Å²) in [6.07, 6.45) is 16.0. The Labute approximate surface area is 442 Å². The molecule has 410 valence electrons. The van der Waals surface area contributed by atoms with Gasteiger partial charge in [0.2, 0.25) is 0 Å². The van der Waals surface area contributed by atoms with Crippen LogP contribution in [0.2, 0.25) is 0 Å².